The summed E-state index contributed by atoms with van der Waals surface area (Å²) in [7, 11) is 0. The van der Waals surface area contributed by atoms with Gasteiger partial charge in [0.2, 0.25) is 0 Å². The summed E-state index contributed by atoms with van der Waals surface area (Å²) in [5.41, 5.74) is 5.04. The van der Waals surface area contributed by atoms with Crippen LogP contribution in [0, 0.1) is 13.8 Å². The van der Waals surface area contributed by atoms with Gasteiger partial charge in [0.05, 0.1) is 32.5 Å². The van der Waals surface area contributed by atoms with E-state index in [0.29, 0.717) is 19.8 Å². The summed E-state index contributed by atoms with van der Waals surface area (Å²) < 4.78 is 11.2. The van der Waals surface area contributed by atoms with Crippen LogP contribution in [-0.4, -0.2) is 73.6 Å². The van der Waals surface area contributed by atoms with Crippen LogP contribution in [0.4, 0.5) is 0 Å². The Hall–Kier alpha value is -1.76. The average Bonchev–Trinajstić information content (AvgIpc) is 2.75. The molecule has 5 nitrogen and oxygen atoms in total. The Labute approximate surface area is 181 Å². The van der Waals surface area contributed by atoms with Crippen molar-refractivity contribution in [2.24, 2.45) is 0 Å². The third-order valence-corrected chi connectivity index (χ3v) is 5.62. The molecule has 1 heterocycles. The van der Waals surface area contributed by atoms with Gasteiger partial charge in [-0.05, 0) is 30.5 Å². The molecule has 0 aromatic heterocycles. The second-order valence-corrected chi connectivity index (χ2v) is 8.27. The highest BCUT2D eigenvalue weighted by atomic mass is 16.5. The fourth-order valence-electron chi connectivity index (χ4n) is 3.84. The number of nitrogens with zero attached hydrogens (tertiary/aromatic N) is 2. The molecule has 3 rings (SSSR count). The summed E-state index contributed by atoms with van der Waals surface area (Å²) in [6, 6.07) is 16.7. The molecule has 5 heteroatoms. The van der Waals surface area contributed by atoms with E-state index in [-0.39, 0.29) is 0 Å². The lowest BCUT2D eigenvalue weighted by Crippen LogP contribution is -2.43. The van der Waals surface area contributed by atoms with Crippen LogP contribution < -0.4 is 0 Å². The molecule has 1 saturated heterocycles. The Bertz CT molecular complexity index is 747. The lowest BCUT2D eigenvalue weighted by molar-refractivity contribution is 0.00208. The molecule has 1 fully saturated rings. The molecule has 0 amide bonds. The topological polar surface area (TPSA) is 45.2 Å². The van der Waals surface area contributed by atoms with Gasteiger partial charge in [0, 0.05) is 39.3 Å². The lowest BCUT2D eigenvalue weighted by atomic mass is 10.1. The van der Waals surface area contributed by atoms with Crippen LogP contribution in [0.15, 0.2) is 48.5 Å². The van der Waals surface area contributed by atoms with Crippen molar-refractivity contribution in [3.05, 3.63) is 70.8 Å². The average molecular weight is 413 g/mol. The summed E-state index contributed by atoms with van der Waals surface area (Å²) in [5, 5.41) is 10.6. The summed E-state index contributed by atoms with van der Waals surface area (Å²) in [6.45, 7) is 12.1. The third kappa shape index (κ3) is 7.82. The fourth-order valence-corrected chi connectivity index (χ4v) is 3.84. The van der Waals surface area contributed by atoms with Gasteiger partial charge in [0.15, 0.2) is 0 Å². The molecule has 0 unspecified atom stereocenters. The molecule has 164 valence electrons. The van der Waals surface area contributed by atoms with E-state index >= 15 is 0 Å². The summed E-state index contributed by atoms with van der Waals surface area (Å²) >= 11 is 0. The van der Waals surface area contributed by atoms with Crippen molar-refractivity contribution < 1.29 is 14.6 Å². The van der Waals surface area contributed by atoms with Crippen molar-refractivity contribution in [2.45, 2.75) is 33.1 Å². The highest BCUT2D eigenvalue weighted by Gasteiger charge is 2.17. The number of benzene rings is 2. The van der Waals surface area contributed by atoms with Gasteiger partial charge in [-0.25, -0.2) is 0 Å². The molecule has 0 bridgehead atoms. The van der Waals surface area contributed by atoms with Crippen molar-refractivity contribution >= 4 is 0 Å². The zero-order chi connectivity index (χ0) is 21.2. The van der Waals surface area contributed by atoms with Crippen LogP contribution in [-0.2, 0) is 22.6 Å². The molecule has 0 radical (unpaired) electrons. The second kappa shape index (κ2) is 12.2. The molecular weight excluding hydrogens is 376 g/mol. The molecule has 0 spiro atoms. The molecule has 1 atom stereocenters. The standard InChI is InChI=1S/C25H36N2O3/c1-21-8-9-24(22(2)16-21)17-27(11-10-26-12-14-29-15-13-26)18-25(28)20-30-19-23-6-4-3-5-7-23/h3-9,16,25,28H,10-15,17-20H2,1-2H3/t25-/m0/s1. The maximum absolute atomic E-state index is 10.6. The van der Waals surface area contributed by atoms with Crippen molar-refractivity contribution in [1.29, 1.82) is 0 Å². The molecule has 0 saturated carbocycles. The number of aliphatic hydroxyl groups excluding tert-OH is 1. The quantitative estimate of drug-likeness (QED) is 0.615. The third-order valence-electron chi connectivity index (χ3n) is 5.62. The molecule has 30 heavy (non-hydrogen) atoms. The molecule has 2 aromatic rings. The van der Waals surface area contributed by atoms with Crippen LogP contribution in [0.25, 0.3) is 0 Å². The first-order valence-electron chi connectivity index (χ1n) is 11.0. The number of aliphatic hydroxyl groups is 1. The Morgan fingerprint density at radius 3 is 2.60 bits per heavy atom. The van der Waals surface area contributed by atoms with E-state index in [4.69, 9.17) is 9.47 Å². The minimum absolute atomic E-state index is 0.343. The van der Waals surface area contributed by atoms with Crippen molar-refractivity contribution in [2.75, 3.05) is 52.5 Å². The maximum atomic E-state index is 10.6. The molecule has 1 aliphatic heterocycles. The largest absolute Gasteiger partial charge is 0.389 e. The molecule has 0 aliphatic carbocycles. The zero-order valence-corrected chi connectivity index (χ0v) is 18.4. The van der Waals surface area contributed by atoms with Gasteiger partial charge in [-0.2, -0.15) is 0 Å². The summed E-state index contributed by atoms with van der Waals surface area (Å²) in [4.78, 5) is 4.79. The predicted molar refractivity (Wildman–Crippen MR) is 121 cm³/mol. The van der Waals surface area contributed by atoms with Gasteiger partial charge in [-0.3, -0.25) is 9.80 Å². The first-order chi connectivity index (χ1) is 14.6. The smallest absolute Gasteiger partial charge is 0.0900 e. The SMILES string of the molecule is Cc1ccc(CN(CCN2CCOCC2)C[C@H](O)COCc2ccccc2)c(C)c1. The highest BCUT2D eigenvalue weighted by Crippen LogP contribution is 2.14. The van der Waals surface area contributed by atoms with E-state index in [1.165, 1.54) is 16.7 Å². The van der Waals surface area contributed by atoms with E-state index in [2.05, 4.69) is 41.8 Å². The summed E-state index contributed by atoms with van der Waals surface area (Å²) in [6.07, 6.45) is -0.510. The van der Waals surface area contributed by atoms with Crippen molar-refractivity contribution in [1.82, 2.24) is 9.80 Å². The predicted octanol–water partition coefficient (Wildman–Crippen LogP) is 3.02. The van der Waals surface area contributed by atoms with Crippen LogP contribution in [0.2, 0.25) is 0 Å². The Kier molecular flexibility index (Phi) is 9.30. The number of ether oxygens (including phenoxy) is 2. The van der Waals surface area contributed by atoms with Crippen molar-refractivity contribution in [3.8, 4) is 0 Å². The maximum Gasteiger partial charge on any atom is 0.0900 e. The molecule has 1 N–H and O–H groups in total. The zero-order valence-electron chi connectivity index (χ0n) is 18.4. The number of aryl methyl sites for hydroxylation is 2. The minimum atomic E-state index is -0.510. The molecular formula is C25H36N2O3. The van der Waals surface area contributed by atoms with E-state index in [1.807, 2.05) is 30.3 Å². The van der Waals surface area contributed by atoms with E-state index in [1.54, 1.807) is 0 Å². The second-order valence-electron chi connectivity index (χ2n) is 8.27. The fraction of sp³-hybridized carbons (Fsp3) is 0.520. The van der Waals surface area contributed by atoms with Gasteiger partial charge in [-0.15, -0.1) is 0 Å². The van der Waals surface area contributed by atoms with Crippen LogP contribution >= 0.6 is 0 Å². The highest BCUT2D eigenvalue weighted by molar-refractivity contribution is 5.30. The molecule has 1 aliphatic rings. The van der Waals surface area contributed by atoms with Gasteiger partial charge in [-0.1, -0.05) is 54.1 Å². The normalized spacial score (nSPS) is 16.1. The van der Waals surface area contributed by atoms with Crippen LogP contribution in [0.5, 0.6) is 0 Å². The first-order valence-corrected chi connectivity index (χ1v) is 11.0. The van der Waals surface area contributed by atoms with Crippen LogP contribution in [0.3, 0.4) is 0 Å². The number of hydrogen-bond acceptors (Lipinski definition) is 5. The number of rotatable bonds is 11. The van der Waals surface area contributed by atoms with Gasteiger partial charge in [0.25, 0.3) is 0 Å². The van der Waals surface area contributed by atoms with Gasteiger partial charge < -0.3 is 14.6 Å². The van der Waals surface area contributed by atoms with Gasteiger partial charge in [0.1, 0.15) is 0 Å². The van der Waals surface area contributed by atoms with Gasteiger partial charge >= 0.3 is 0 Å². The minimum Gasteiger partial charge on any atom is -0.389 e. The summed E-state index contributed by atoms with van der Waals surface area (Å²) in [5.74, 6) is 0. The molecule has 2 aromatic carbocycles. The van der Waals surface area contributed by atoms with E-state index in [9.17, 15) is 5.11 Å². The Morgan fingerprint density at radius 2 is 1.87 bits per heavy atom. The van der Waals surface area contributed by atoms with Crippen molar-refractivity contribution in [3.63, 3.8) is 0 Å². The first kappa shape index (κ1) is 22.9. The van der Waals surface area contributed by atoms with E-state index in [0.717, 1.165) is 51.5 Å². The van der Waals surface area contributed by atoms with E-state index < -0.39 is 6.10 Å². The number of hydrogen-bond donors (Lipinski definition) is 1. The Balaban J connectivity index is 1.53. The van der Waals surface area contributed by atoms with Crippen LogP contribution in [0.1, 0.15) is 22.3 Å². The lowest BCUT2D eigenvalue weighted by Gasteiger charge is -2.31. The number of morpholine rings is 1. The Morgan fingerprint density at radius 1 is 1.10 bits per heavy atom. The monoisotopic (exact) mass is 412 g/mol.